The van der Waals surface area contributed by atoms with Gasteiger partial charge < -0.3 is 5.73 Å². The summed E-state index contributed by atoms with van der Waals surface area (Å²) in [5.74, 6) is 0. The smallest absolute Gasteiger partial charge is 0.0785 e. The molecule has 0 saturated carbocycles. The highest BCUT2D eigenvalue weighted by atomic mass is 35.5. The second-order valence-corrected chi connectivity index (χ2v) is 2.87. The van der Waals surface area contributed by atoms with Crippen LogP contribution in [0.4, 0.5) is 0 Å². The Morgan fingerprint density at radius 2 is 2.55 bits per heavy atom. The zero-order chi connectivity index (χ0) is 8.27. The highest BCUT2D eigenvalue weighted by Gasteiger charge is 2.06. The predicted octanol–water partition coefficient (Wildman–Crippen LogP) is 1.45. The molecule has 1 aromatic rings. The first-order valence-electron chi connectivity index (χ1n) is 3.67. The molecule has 0 saturated heterocycles. The van der Waals surface area contributed by atoms with Crippen molar-refractivity contribution in [3.8, 4) is 0 Å². The lowest BCUT2D eigenvalue weighted by Crippen LogP contribution is -2.18. The van der Waals surface area contributed by atoms with Crippen molar-refractivity contribution < 1.29 is 0 Å². The van der Waals surface area contributed by atoms with Crippen LogP contribution in [0.2, 0.25) is 5.02 Å². The van der Waals surface area contributed by atoms with Crippen LogP contribution in [0.25, 0.3) is 0 Å². The van der Waals surface area contributed by atoms with Crippen molar-refractivity contribution in [2.24, 2.45) is 5.73 Å². The van der Waals surface area contributed by atoms with Crippen LogP contribution in [0.1, 0.15) is 19.4 Å². The van der Waals surface area contributed by atoms with Gasteiger partial charge in [0.15, 0.2) is 0 Å². The average molecular weight is 174 g/mol. The molecule has 0 aliphatic heterocycles. The Kier molecular flexibility index (Phi) is 2.91. The van der Waals surface area contributed by atoms with E-state index < -0.39 is 0 Å². The molecule has 62 valence electrons. The van der Waals surface area contributed by atoms with Crippen molar-refractivity contribution in [1.82, 2.24) is 9.78 Å². The maximum Gasteiger partial charge on any atom is 0.0785 e. The lowest BCUT2D eigenvalue weighted by atomic mass is 10.2. The molecule has 0 aliphatic rings. The summed E-state index contributed by atoms with van der Waals surface area (Å²) in [6.45, 7) is 2.68. The van der Waals surface area contributed by atoms with E-state index in [4.69, 9.17) is 17.3 Å². The fraction of sp³-hybridized carbons (Fsp3) is 0.571. The number of rotatable bonds is 3. The number of halogens is 1. The number of nitrogens with zero attached hydrogens (tertiary/aromatic N) is 2. The summed E-state index contributed by atoms with van der Waals surface area (Å²) in [5, 5.41) is 4.73. The maximum absolute atomic E-state index is 5.69. The molecule has 0 bridgehead atoms. The van der Waals surface area contributed by atoms with E-state index >= 15 is 0 Å². The van der Waals surface area contributed by atoms with Gasteiger partial charge in [-0.1, -0.05) is 18.5 Å². The first-order valence-corrected chi connectivity index (χ1v) is 4.05. The molecule has 1 unspecified atom stereocenters. The molecular weight excluding hydrogens is 162 g/mol. The van der Waals surface area contributed by atoms with Gasteiger partial charge in [-0.3, -0.25) is 4.68 Å². The summed E-state index contributed by atoms with van der Waals surface area (Å²) in [6.07, 6.45) is 4.40. The van der Waals surface area contributed by atoms with Crippen LogP contribution >= 0.6 is 11.6 Å². The molecule has 0 radical (unpaired) electrons. The zero-order valence-electron chi connectivity index (χ0n) is 6.50. The van der Waals surface area contributed by atoms with E-state index in [0.717, 1.165) is 6.42 Å². The van der Waals surface area contributed by atoms with Crippen LogP contribution in [0, 0.1) is 0 Å². The standard InChI is InChI=1S/C7H12ClN3/c1-2-7(3-9)11-5-6(8)4-10-11/h4-5,7H,2-3,9H2,1H3. The van der Waals surface area contributed by atoms with Gasteiger partial charge in [0.25, 0.3) is 0 Å². The summed E-state index contributed by atoms with van der Waals surface area (Å²) < 4.78 is 1.81. The van der Waals surface area contributed by atoms with Gasteiger partial charge in [-0.25, -0.2) is 0 Å². The Bertz CT molecular complexity index is 217. The van der Waals surface area contributed by atoms with Crippen LogP contribution in [-0.2, 0) is 0 Å². The van der Waals surface area contributed by atoms with E-state index in [1.165, 1.54) is 0 Å². The van der Waals surface area contributed by atoms with Gasteiger partial charge in [0.05, 0.1) is 17.3 Å². The molecule has 11 heavy (non-hydrogen) atoms. The van der Waals surface area contributed by atoms with Crippen LogP contribution in [0.15, 0.2) is 12.4 Å². The maximum atomic E-state index is 5.69. The van der Waals surface area contributed by atoms with Crippen LogP contribution < -0.4 is 5.73 Å². The number of aromatic nitrogens is 2. The van der Waals surface area contributed by atoms with Gasteiger partial charge in [-0.05, 0) is 6.42 Å². The van der Waals surface area contributed by atoms with Gasteiger partial charge in [-0.15, -0.1) is 0 Å². The molecule has 0 aromatic carbocycles. The summed E-state index contributed by atoms with van der Waals surface area (Å²) in [5.41, 5.74) is 5.52. The lowest BCUT2D eigenvalue weighted by molar-refractivity contribution is 0.450. The summed E-state index contributed by atoms with van der Waals surface area (Å²) in [7, 11) is 0. The molecule has 4 heteroatoms. The Balaban J connectivity index is 2.73. The third-order valence-corrected chi connectivity index (χ3v) is 1.88. The summed E-state index contributed by atoms with van der Waals surface area (Å²) in [6, 6.07) is 0.280. The van der Waals surface area contributed by atoms with Crippen molar-refractivity contribution in [2.45, 2.75) is 19.4 Å². The van der Waals surface area contributed by atoms with Crippen molar-refractivity contribution in [3.63, 3.8) is 0 Å². The monoisotopic (exact) mass is 173 g/mol. The molecule has 1 atom stereocenters. The molecule has 1 heterocycles. The lowest BCUT2D eigenvalue weighted by Gasteiger charge is -2.11. The van der Waals surface area contributed by atoms with E-state index in [2.05, 4.69) is 12.0 Å². The third kappa shape index (κ3) is 1.94. The molecule has 0 aliphatic carbocycles. The number of nitrogens with two attached hydrogens (primary N) is 1. The summed E-state index contributed by atoms with van der Waals surface area (Å²) in [4.78, 5) is 0. The van der Waals surface area contributed by atoms with E-state index in [1.807, 2.05) is 4.68 Å². The molecule has 2 N–H and O–H groups in total. The summed E-state index contributed by atoms with van der Waals surface area (Å²) >= 11 is 5.69. The first kappa shape index (κ1) is 8.56. The fourth-order valence-corrected chi connectivity index (χ4v) is 1.12. The minimum Gasteiger partial charge on any atom is -0.328 e. The zero-order valence-corrected chi connectivity index (χ0v) is 7.25. The van der Waals surface area contributed by atoms with Crippen molar-refractivity contribution >= 4 is 11.6 Å². The van der Waals surface area contributed by atoms with E-state index in [0.29, 0.717) is 11.6 Å². The van der Waals surface area contributed by atoms with Crippen molar-refractivity contribution in [1.29, 1.82) is 0 Å². The Morgan fingerprint density at radius 3 is 2.91 bits per heavy atom. The van der Waals surface area contributed by atoms with Gasteiger partial charge in [0, 0.05) is 12.7 Å². The number of hydrogen-bond donors (Lipinski definition) is 1. The quantitative estimate of drug-likeness (QED) is 0.752. The predicted molar refractivity (Wildman–Crippen MR) is 45.6 cm³/mol. The van der Waals surface area contributed by atoms with Crippen LogP contribution in [0.5, 0.6) is 0 Å². The first-order chi connectivity index (χ1) is 5.27. The van der Waals surface area contributed by atoms with Gasteiger partial charge in [-0.2, -0.15) is 5.10 Å². The van der Waals surface area contributed by atoms with Gasteiger partial charge in [0.1, 0.15) is 0 Å². The molecule has 0 fully saturated rings. The average Bonchev–Trinajstić information content (AvgIpc) is 2.39. The Morgan fingerprint density at radius 1 is 1.82 bits per heavy atom. The van der Waals surface area contributed by atoms with Crippen molar-refractivity contribution in [3.05, 3.63) is 17.4 Å². The van der Waals surface area contributed by atoms with E-state index in [9.17, 15) is 0 Å². The highest BCUT2D eigenvalue weighted by molar-refractivity contribution is 6.30. The Labute approximate surface area is 71.1 Å². The molecule has 3 nitrogen and oxygen atoms in total. The topological polar surface area (TPSA) is 43.8 Å². The highest BCUT2D eigenvalue weighted by Crippen LogP contribution is 2.12. The Hall–Kier alpha value is -0.540. The van der Waals surface area contributed by atoms with Gasteiger partial charge >= 0.3 is 0 Å². The largest absolute Gasteiger partial charge is 0.328 e. The number of hydrogen-bond acceptors (Lipinski definition) is 2. The second kappa shape index (κ2) is 3.74. The second-order valence-electron chi connectivity index (χ2n) is 2.44. The van der Waals surface area contributed by atoms with Crippen LogP contribution in [-0.4, -0.2) is 16.3 Å². The normalized spacial score (nSPS) is 13.4. The minimum absolute atomic E-state index is 0.280. The molecule has 1 rings (SSSR count). The molecule has 0 spiro atoms. The molecule has 0 amide bonds. The van der Waals surface area contributed by atoms with Gasteiger partial charge in [0.2, 0.25) is 0 Å². The minimum atomic E-state index is 0.280. The van der Waals surface area contributed by atoms with E-state index in [-0.39, 0.29) is 6.04 Å². The third-order valence-electron chi connectivity index (χ3n) is 1.69. The van der Waals surface area contributed by atoms with Crippen LogP contribution in [0.3, 0.4) is 0 Å². The van der Waals surface area contributed by atoms with Crippen molar-refractivity contribution in [2.75, 3.05) is 6.54 Å². The molecular formula is C7H12ClN3. The molecule has 1 aromatic heterocycles. The fourth-order valence-electron chi connectivity index (χ4n) is 0.976. The SMILES string of the molecule is CCC(CN)n1cc(Cl)cn1. The van der Waals surface area contributed by atoms with E-state index in [1.54, 1.807) is 12.4 Å².